The van der Waals surface area contributed by atoms with Crippen LogP contribution in [-0.2, 0) is 12.8 Å². The molecule has 0 fully saturated rings. The molecular weight excluding hydrogens is 236 g/mol. The van der Waals surface area contributed by atoms with E-state index in [1.807, 2.05) is 14.1 Å². The Morgan fingerprint density at radius 3 is 2.74 bits per heavy atom. The normalized spacial score (nSPS) is 14.3. The summed E-state index contributed by atoms with van der Waals surface area (Å²) in [7, 11) is 4.09. The summed E-state index contributed by atoms with van der Waals surface area (Å²) in [6.07, 6.45) is 4.59. The van der Waals surface area contributed by atoms with Crippen LogP contribution < -0.4 is 16.2 Å². The number of hydrazine groups is 1. The van der Waals surface area contributed by atoms with E-state index >= 15 is 0 Å². The standard InChI is InChI=1S/C15H20N4/c1-19(2)10-7-8-14-12(9-10)15(18-16)11-5-3-4-6-13(11)17-14/h7-9H,3-6,16H2,1-2H3,(H,17,18). The minimum Gasteiger partial charge on any atom is -0.378 e. The quantitative estimate of drug-likeness (QED) is 0.640. The predicted octanol–water partition coefficient (Wildman–Crippen LogP) is 2.47. The van der Waals surface area contributed by atoms with Crippen LogP contribution in [0.4, 0.5) is 11.4 Å². The number of nitrogens with zero attached hydrogens (tertiary/aromatic N) is 2. The molecule has 0 unspecified atom stereocenters. The molecule has 1 heterocycles. The number of hydrogen-bond acceptors (Lipinski definition) is 4. The van der Waals surface area contributed by atoms with E-state index in [0.717, 1.165) is 29.4 Å². The van der Waals surface area contributed by atoms with Crippen molar-refractivity contribution in [2.24, 2.45) is 5.84 Å². The molecule has 2 aromatic rings. The molecule has 1 aromatic carbocycles. The van der Waals surface area contributed by atoms with Gasteiger partial charge in [0.2, 0.25) is 0 Å². The first-order chi connectivity index (χ1) is 9.20. The highest BCUT2D eigenvalue weighted by Crippen LogP contribution is 2.34. The predicted molar refractivity (Wildman–Crippen MR) is 80.5 cm³/mol. The molecule has 1 aliphatic carbocycles. The minimum atomic E-state index is 1.03. The number of nitrogens with one attached hydrogen (secondary N) is 1. The number of nitrogen functional groups attached to an aromatic ring is 1. The highest BCUT2D eigenvalue weighted by molar-refractivity contribution is 5.95. The van der Waals surface area contributed by atoms with Gasteiger partial charge in [0, 0.05) is 30.9 Å². The number of rotatable bonds is 2. The van der Waals surface area contributed by atoms with Crippen LogP contribution in [0.2, 0.25) is 0 Å². The average Bonchev–Trinajstić information content (AvgIpc) is 2.44. The summed E-state index contributed by atoms with van der Waals surface area (Å²) in [6.45, 7) is 0. The monoisotopic (exact) mass is 256 g/mol. The lowest BCUT2D eigenvalue weighted by Crippen LogP contribution is -2.15. The molecule has 0 saturated heterocycles. The number of benzene rings is 1. The Kier molecular flexibility index (Phi) is 3.03. The van der Waals surface area contributed by atoms with E-state index in [2.05, 4.69) is 28.5 Å². The fourth-order valence-corrected chi connectivity index (χ4v) is 2.85. The summed E-state index contributed by atoms with van der Waals surface area (Å²) in [5.41, 5.74) is 8.67. The molecule has 0 radical (unpaired) electrons. The van der Waals surface area contributed by atoms with Crippen molar-refractivity contribution < 1.29 is 0 Å². The van der Waals surface area contributed by atoms with Gasteiger partial charge in [-0.3, -0.25) is 10.8 Å². The van der Waals surface area contributed by atoms with Gasteiger partial charge in [0.15, 0.2) is 0 Å². The van der Waals surface area contributed by atoms with Crippen molar-refractivity contribution in [1.82, 2.24) is 4.98 Å². The van der Waals surface area contributed by atoms with Crippen molar-refractivity contribution in [3.63, 3.8) is 0 Å². The Balaban J connectivity index is 2.28. The van der Waals surface area contributed by atoms with Gasteiger partial charge in [0.1, 0.15) is 0 Å². The fourth-order valence-electron chi connectivity index (χ4n) is 2.85. The van der Waals surface area contributed by atoms with Crippen LogP contribution in [0, 0.1) is 0 Å². The second kappa shape index (κ2) is 4.70. The lowest BCUT2D eigenvalue weighted by atomic mass is 9.93. The first-order valence-electron chi connectivity index (χ1n) is 6.80. The second-order valence-electron chi connectivity index (χ2n) is 5.36. The van der Waals surface area contributed by atoms with Gasteiger partial charge >= 0.3 is 0 Å². The van der Waals surface area contributed by atoms with Crippen molar-refractivity contribution in [2.45, 2.75) is 25.7 Å². The molecule has 0 atom stereocenters. The molecule has 1 aliphatic rings. The molecule has 0 bridgehead atoms. The van der Waals surface area contributed by atoms with E-state index in [9.17, 15) is 0 Å². The third kappa shape index (κ3) is 2.02. The molecule has 4 heteroatoms. The van der Waals surface area contributed by atoms with Gasteiger partial charge in [-0.1, -0.05) is 0 Å². The number of anilines is 2. The van der Waals surface area contributed by atoms with E-state index in [1.54, 1.807) is 0 Å². The first-order valence-corrected chi connectivity index (χ1v) is 6.80. The van der Waals surface area contributed by atoms with Gasteiger partial charge in [0.05, 0.1) is 11.2 Å². The maximum absolute atomic E-state index is 5.77. The number of fused-ring (bicyclic) bond motifs is 2. The average molecular weight is 256 g/mol. The van der Waals surface area contributed by atoms with Crippen LogP contribution >= 0.6 is 0 Å². The number of hydrogen-bond donors (Lipinski definition) is 2. The van der Waals surface area contributed by atoms with E-state index in [1.165, 1.54) is 29.8 Å². The molecule has 1 aromatic heterocycles. The van der Waals surface area contributed by atoms with Crippen molar-refractivity contribution in [3.05, 3.63) is 29.5 Å². The maximum atomic E-state index is 5.77. The molecule has 0 aliphatic heterocycles. The Hall–Kier alpha value is -1.81. The van der Waals surface area contributed by atoms with E-state index in [4.69, 9.17) is 10.8 Å². The zero-order valence-corrected chi connectivity index (χ0v) is 11.5. The molecule has 3 rings (SSSR count). The van der Waals surface area contributed by atoms with Crippen LogP contribution in [0.15, 0.2) is 18.2 Å². The van der Waals surface area contributed by atoms with E-state index < -0.39 is 0 Å². The zero-order valence-electron chi connectivity index (χ0n) is 11.5. The third-order valence-corrected chi connectivity index (χ3v) is 3.91. The molecule has 0 saturated carbocycles. The minimum absolute atomic E-state index is 1.03. The van der Waals surface area contributed by atoms with Gasteiger partial charge in [-0.05, 0) is 49.4 Å². The molecule has 0 amide bonds. The lowest BCUT2D eigenvalue weighted by molar-refractivity contribution is 0.672. The summed E-state index contributed by atoms with van der Waals surface area (Å²) in [6, 6.07) is 6.34. The van der Waals surface area contributed by atoms with Gasteiger partial charge in [0.25, 0.3) is 0 Å². The van der Waals surface area contributed by atoms with Crippen molar-refractivity contribution in [1.29, 1.82) is 0 Å². The summed E-state index contributed by atoms with van der Waals surface area (Å²) >= 11 is 0. The van der Waals surface area contributed by atoms with Crippen molar-refractivity contribution in [3.8, 4) is 0 Å². The fraction of sp³-hybridized carbons (Fsp3) is 0.400. The first kappa shape index (κ1) is 12.2. The summed E-state index contributed by atoms with van der Waals surface area (Å²) in [4.78, 5) is 6.91. The number of nitrogens with two attached hydrogens (primary N) is 1. The van der Waals surface area contributed by atoms with E-state index in [0.29, 0.717) is 0 Å². The van der Waals surface area contributed by atoms with Crippen molar-refractivity contribution >= 4 is 22.3 Å². The summed E-state index contributed by atoms with van der Waals surface area (Å²) < 4.78 is 0. The molecular formula is C15H20N4. The molecule has 4 nitrogen and oxygen atoms in total. The summed E-state index contributed by atoms with van der Waals surface area (Å²) in [5.74, 6) is 5.77. The van der Waals surface area contributed by atoms with E-state index in [-0.39, 0.29) is 0 Å². The number of aryl methyl sites for hydroxylation is 1. The smallest absolute Gasteiger partial charge is 0.0728 e. The molecule has 3 N–H and O–H groups in total. The number of pyridine rings is 1. The highest BCUT2D eigenvalue weighted by atomic mass is 15.2. The second-order valence-corrected chi connectivity index (χ2v) is 5.36. The molecule has 100 valence electrons. The number of aromatic nitrogens is 1. The van der Waals surface area contributed by atoms with Crippen LogP contribution in [0.3, 0.4) is 0 Å². The van der Waals surface area contributed by atoms with Crippen LogP contribution in [0.25, 0.3) is 10.9 Å². The summed E-state index contributed by atoms with van der Waals surface area (Å²) in [5, 5.41) is 1.12. The topological polar surface area (TPSA) is 54.2 Å². The Bertz CT molecular complexity index is 619. The van der Waals surface area contributed by atoms with Crippen LogP contribution in [0.1, 0.15) is 24.1 Å². The van der Waals surface area contributed by atoms with Gasteiger partial charge in [-0.25, -0.2) is 0 Å². The Labute approximate surface area is 113 Å². The SMILES string of the molecule is CN(C)c1ccc2nc3c(c(NN)c2c1)CCCC3. The zero-order chi connectivity index (χ0) is 13.4. The van der Waals surface area contributed by atoms with Gasteiger partial charge in [-0.2, -0.15) is 0 Å². The van der Waals surface area contributed by atoms with Gasteiger partial charge in [-0.15, -0.1) is 0 Å². The largest absolute Gasteiger partial charge is 0.378 e. The Morgan fingerprint density at radius 2 is 2.00 bits per heavy atom. The van der Waals surface area contributed by atoms with Crippen molar-refractivity contribution in [2.75, 3.05) is 24.4 Å². The van der Waals surface area contributed by atoms with Crippen LogP contribution in [-0.4, -0.2) is 19.1 Å². The lowest BCUT2D eigenvalue weighted by Gasteiger charge is -2.21. The molecule has 0 spiro atoms. The third-order valence-electron chi connectivity index (χ3n) is 3.91. The van der Waals surface area contributed by atoms with Gasteiger partial charge < -0.3 is 10.3 Å². The highest BCUT2D eigenvalue weighted by Gasteiger charge is 2.17. The maximum Gasteiger partial charge on any atom is 0.0728 e. The Morgan fingerprint density at radius 1 is 1.21 bits per heavy atom. The van der Waals surface area contributed by atoms with Crippen LogP contribution in [0.5, 0.6) is 0 Å². The molecule has 19 heavy (non-hydrogen) atoms.